The molecule has 0 aliphatic heterocycles. The summed E-state index contributed by atoms with van der Waals surface area (Å²) in [5, 5.41) is 0. The quantitative estimate of drug-likeness (QED) is 0.532. The molecule has 0 saturated carbocycles. The molecule has 0 fully saturated rings. The molecule has 0 atom stereocenters. The van der Waals surface area contributed by atoms with Crippen molar-refractivity contribution in [3.8, 4) is 0 Å². The SMILES string of the molecule is [B]c1cc(F)c(CC)c(F)c1. The van der Waals surface area contributed by atoms with E-state index in [1.54, 1.807) is 6.92 Å². The summed E-state index contributed by atoms with van der Waals surface area (Å²) in [6.07, 6.45) is 0.345. The third-order valence-corrected chi connectivity index (χ3v) is 1.52. The van der Waals surface area contributed by atoms with Crippen molar-refractivity contribution in [1.82, 2.24) is 0 Å². The molecule has 1 aromatic carbocycles. The van der Waals surface area contributed by atoms with Crippen LogP contribution in [0.1, 0.15) is 12.5 Å². The topological polar surface area (TPSA) is 0 Å². The van der Waals surface area contributed by atoms with Crippen LogP contribution in [-0.2, 0) is 6.42 Å². The summed E-state index contributed by atoms with van der Waals surface area (Å²) >= 11 is 0. The molecule has 0 heterocycles. The van der Waals surface area contributed by atoms with Gasteiger partial charge in [-0.25, -0.2) is 8.78 Å². The van der Waals surface area contributed by atoms with E-state index in [-0.39, 0.29) is 11.0 Å². The van der Waals surface area contributed by atoms with Gasteiger partial charge in [-0.2, -0.15) is 0 Å². The monoisotopic (exact) mass is 152 g/mol. The molecule has 0 amide bonds. The van der Waals surface area contributed by atoms with Crippen molar-refractivity contribution in [3.63, 3.8) is 0 Å². The zero-order chi connectivity index (χ0) is 8.43. The largest absolute Gasteiger partial charge is 0.207 e. The van der Waals surface area contributed by atoms with Crippen LogP contribution in [0.5, 0.6) is 0 Å². The van der Waals surface area contributed by atoms with Crippen molar-refractivity contribution in [2.45, 2.75) is 13.3 Å². The van der Waals surface area contributed by atoms with Gasteiger partial charge in [0.25, 0.3) is 0 Å². The molecule has 0 aromatic heterocycles. The lowest BCUT2D eigenvalue weighted by Gasteiger charge is -2.02. The minimum atomic E-state index is -0.565. The maximum atomic E-state index is 12.8. The van der Waals surface area contributed by atoms with Crippen LogP contribution in [0.4, 0.5) is 8.78 Å². The summed E-state index contributed by atoms with van der Waals surface area (Å²) in [5.41, 5.74) is 0.219. The van der Waals surface area contributed by atoms with Crippen molar-refractivity contribution < 1.29 is 8.78 Å². The molecule has 0 N–H and O–H groups in total. The van der Waals surface area contributed by atoms with Gasteiger partial charge in [0.1, 0.15) is 19.5 Å². The molecule has 0 aliphatic rings. The van der Waals surface area contributed by atoms with Gasteiger partial charge < -0.3 is 0 Å². The molecule has 3 heteroatoms. The fourth-order valence-corrected chi connectivity index (χ4v) is 0.960. The second-order valence-corrected chi connectivity index (χ2v) is 2.32. The second-order valence-electron chi connectivity index (χ2n) is 2.32. The van der Waals surface area contributed by atoms with Crippen LogP contribution in [0.3, 0.4) is 0 Å². The van der Waals surface area contributed by atoms with Gasteiger partial charge in [0.2, 0.25) is 0 Å². The zero-order valence-corrected chi connectivity index (χ0v) is 6.20. The first-order valence-electron chi connectivity index (χ1n) is 3.38. The molecule has 0 aliphatic carbocycles. The average Bonchev–Trinajstić information content (AvgIpc) is 1.85. The number of benzene rings is 1. The van der Waals surface area contributed by atoms with Gasteiger partial charge >= 0.3 is 0 Å². The summed E-state index contributed by atoms with van der Waals surface area (Å²) < 4.78 is 25.6. The van der Waals surface area contributed by atoms with Gasteiger partial charge in [-0.1, -0.05) is 12.4 Å². The fourth-order valence-electron chi connectivity index (χ4n) is 0.960. The van der Waals surface area contributed by atoms with Crippen molar-refractivity contribution in [3.05, 3.63) is 29.3 Å². The van der Waals surface area contributed by atoms with Gasteiger partial charge in [-0.05, 0) is 18.6 Å². The van der Waals surface area contributed by atoms with Crippen molar-refractivity contribution in [2.75, 3.05) is 0 Å². The summed E-state index contributed by atoms with van der Waals surface area (Å²) in [5.74, 6) is -1.13. The number of rotatable bonds is 1. The van der Waals surface area contributed by atoms with Crippen LogP contribution in [0, 0.1) is 11.6 Å². The minimum absolute atomic E-state index is 0.0965. The van der Waals surface area contributed by atoms with E-state index < -0.39 is 11.6 Å². The van der Waals surface area contributed by atoms with Crippen LogP contribution in [0.15, 0.2) is 12.1 Å². The smallest absolute Gasteiger partial charge is 0.128 e. The highest BCUT2D eigenvalue weighted by Crippen LogP contribution is 2.10. The maximum Gasteiger partial charge on any atom is 0.128 e. The molecular formula is C8H7BF2. The Morgan fingerprint density at radius 1 is 1.27 bits per heavy atom. The van der Waals surface area contributed by atoms with Crippen LogP contribution >= 0.6 is 0 Å². The first-order chi connectivity index (χ1) is 5.15. The molecular weight excluding hydrogens is 145 g/mol. The summed E-state index contributed by atoms with van der Waals surface area (Å²) in [6.45, 7) is 1.69. The first-order valence-corrected chi connectivity index (χ1v) is 3.38. The highest BCUT2D eigenvalue weighted by molar-refractivity contribution is 6.32. The molecule has 0 nitrogen and oxygen atoms in total. The van der Waals surface area contributed by atoms with Gasteiger partial charge in [0.15, 0.2) is 0 Å². The molecule has 0 bridgehead atoms. The molecule has 0 spiro atoms. The van der Waals surface area contributed by atoms with Crippen molar-refractivity contribution in [2.24, 2.45) is 0 Å². The van der Waals surface area contributed by atoms with Gasteiger partial charge in [-0.3, -0.25) is 0 Å². The Balaban J connectivity index is 3.25. The summed E-state index contributed by atoms with van der Waals surface area (Å²) in [7, 11) is 5.20. The molecule has 2 radical (unpaired) electrons. The lowest BCUT2D eigenvalue weighted by atomic mass is 9.94. The van der Waals surface area contributed by atoms with E-state index in [9.17, 15) is 8.78 Å². The minimum Gasteiger partial charge on any atom is -0.207 e. The van der Waals surface area contributed by atoms with E-state index >= 15 is 0 Å². The molecule has 0 saturated heterocycles. The van der Waals surface area contributed by atoms with Gasteiger partial charge in [0.05, 0.1) is 0 Å². The lowest BCUT2D eigenvalue weighted by molar-refractivity contribution is 0.561. The normalized spacial score (nSPS) is 10.1. The predicted octanol–water partition coefficient (Wildman–Crippen LogP) is 1.32. The number of halogens is 2. The lowest BCUT2D eigenvalue weighted by Crippen LogP contribution is -2.07. The van der Waals surface area contributed by atoms with Crippen LogP contribution < -0.4 is 5.46 Å². The van der Waals surface area contributed by atoms with Gasteiger partial charge in [0, 0.05) is 5.56 Å². The van der Waals surface area contributed by atoms with Crippen LogP contribution in [0.25, 0.3) is 0 Å². The average molecular weight is 152 g/mol. The Morgan fingerprint density at radius 3 is 2.09 bits per heavy atom. The molecule has 1 rings (SSSR count). The van der Waals surface area contributed by atoms with E-state index in [1.165, 1.54) is 0 Å². The predicted molar refractivity (Wildman–Crippen MR) is 41.1 cm³/mol. The Labute approximate surface area is 65.6 Å². The van der Waals surface area contributed by atoms with Crippen LogP contribution in [0.2, 0.25) is 0 Å². The zero-order valence-electron chi connectivity index (χ0n) is 6.20. The highest BCUT2D eigenvalue weighted by atomic mass is 19.1. The second kappa shape index (κ2) is 3.03. The van der Waals surface area contributed by atoms with Crippen LogP contribution in [-0.4, -0.2) is 7.85 Å². The third-order valence-electron chi connectivity index (χ3n) is 1.52. The fraction of sp³-hybridized carbons (Fsp3) is 0.250. The molecule has 56 valence electrons. The Hall–Kier alpha value is -0.855. The van der Waals surface area contributed by atoms with Gasteiger partial charge in [-0.15, -0.1) is 0 Å². The number of hydrogen-bond donors (Lipinski definition) is 0. The van der Waals surface area contributed by atoms with Crippen molar-refractivity contribution in [1.29, 1.82) is 0 Å². The Kier molecular flexibility index (Phi) is 2.27. The Morgan fingerprint density at radius 2 is 1.73 bits per heavy atom. The molecule has 11 heavy (non-hydrogen) atoms. The van der Waals surface area contributed by atoms with Crippen molar-refractivity contribution >= 4 is 13.3 Å². The van der Waals surface area contributed by atoms with E-state index in [1.807, 2.05) is 0 Å². The summed E-state index contributed by atoms with van der Waals surface area (Å²) in [6, 6.07) is 2.25. The van der Waals surface area contributed by atoms with E-state index in [2.05, 4.69) is 0 Å². The number of hydrogen-bond acceptors (Lipinski definition) is 0. The molecule has 0 unspecified atom stereocenters. The van der Waals surface area contributed by atoms with E-state index in [0.29, 0.717) is 6.42 Å². The Bertz CT molecular complexity index is 248. The first kappa shape index (κ1) is 8.24. The standard InChI is InChI=1S/C8H7BF2/c1-2-6-7(10)3-5(9)4-8(6)11/h3-4H,2H2,1H3. The molecule has 1 aromatic rings. The van der Waals surface area contributed by atoms with E-state index in [0.717, 1.165) is 12.1 Å². The maximum absolute atomic E-state index is 12.8. The van der Waals surface area contributed by atoms with E-state index in [4.69, 9.17) is 7.85 Å². The summed E-state index contributed by atoms with van der Waals surface area (Å²) in [4.78, 5) is 0. The third kappa shape index (κ3) is 1.59. The highest BCUT2D eigenvalue weighted by Gasteiger charge is 2.06.